The van der Waals surface area contributed by atoms with E-state index in [0.717, 1.165) is 24.0 Å². The van der Waals surface area contributed by atoms with Gasteiger partial charge in [-0.3, -0.25) is 0 Å². The van der Waals surface area contributed by atoms with E-state index in [9.17, 15) is 0 Å². The number of piperidine rings is 1. The van der Waals surface area contributed by atoms with Gasteiger partial charge in [0.25, 0.3) is 0 Å². The highest BCUT2D eigenvalue weighted by Gasteiger charge is 2.19. The fourth-order valence-electron chi connectivity index (χ4n) is 2.44. The molecule has 0 aliphatic carbocycles. The fourth-order valence-corrected chi connectivity index (χ4v) is 2.66. The van der Waals surface area contributed by atoms with Crippen LogP contribution in [0.4, 0.5) is 5.82 Å². The standard InChI is InChI=1S/C13H21ClN4/c1-10-8-12(16-13(14)15-10)18(3)9-11-4-6-17(2)7-5-11/h8,11H,4-7,9H2,1-3H3. The second kappa shape index (κ2) is 5.85. The van der Waals surface area contributed by atoms with E-state index in [1.165, 1.54) is 25.9 Å². The van der Waals surface area contributed by atoms with Crippen molar-refractivity contribution < 1.29 is 0 Å². The maximum Gasteiger partial charge on any atom is 0.224 e. The monoisotopic (exact) mass is 268 g/mol. The number of hydrogen-bond donors (Lipinski definition) is 0. The first-order chi connectivity index (χ1) is 8.54. The van der Waals surface area contributed by atoms with Gasteiger partial charge in [-0.1, -0.05) is 0 Å². The summed E-state index contributed by atoms with van der Waals surface area (Å²) in [5, 5.41) is 0.334. The van der Waals surface area contributed by atoms with Crippen molar-refractivity contribution in [3.05, 3.63) is 17.0 Å². The molecule has 0 saturated carbocycles. The van der Waals surface area contributed by atoms with Crippen molar-refractivity contribution in [2.24, 2.45) is 5.92 Å². The Hall–Kier alpha value is -0.870. The minimum Gasteiger partial charge on any atom is -0.359 e. The van der Waals surface area contributed by atoms with Crippen LogP contribution in [0, 0.1) is 12.8 Å². The van der Waals surface area contributed by atoms with Crippen LogP contribution in [0.3, 0.4) is 0 Å². The Kier molecular flexibility index (Phi) is 4.40. The van der Waals surface area contributed by atoms with Crippen molar-refractivity contribution in [2.45, 2.75) is 19.8 Å². The molecule has 1 saturated heterocycles. The van der Waals surface area contributed by atoms with Gasteiger partial charge in [-0.25, -0.2) is 9.97 Å². The van der Waals surface area contributed by atoms with Crippen LogP contribution in [0.15, 0.2) is 6.07 Å². The molecule has 4 nitrogen and oxygen atoms in total. The van der Waals surface area contributed by atoms with E-state index in [1.807, 2.05) is 13.0 Å². The van der Waals surface area contributed by atoms with Crippen molar-refractivity contribution in [1.82, 2.24) is 14.9 Å². The summed E-state index contributed by atoms with van der Waals surface area (Å²) in [7, 11) is 4.27. The van der Waals surface area contributed by atoms with E-state index in [4.69, 9.17) is 11.6 Å². The maximum absolute atomic E-state index is 5.90. The van der Waals surface area contributed by atoms with Crippen LogP contribution in [-0.2, 0) is 0 Å². The van der Waals surface area contributed by atoms with Gasteiger partial charge in [0.15, 0.2) is 0 Å². The van der Waals surface area contributed by atoms with Gasteiger partial charge in [-0.2, -0.15) is 0 Å². The lowest BCUT2D eigenvalue weighted by Crippen LogP contribution is -2.36. The van der Waals surface area contributed by atoms with Crippen molar-refractivity contribution in [3.8, 4) is 0 Å². The highest BCUT2D eigenvalue weighted by atomic mass is 35.5. The number of aryl methyl sites for hydroxylation is 1. The van der Waals surface area contributed by atoms with Crippen LogP contribution in [0.25, 0.3) is 0 Å². The quantitative estimate of drug-likeness (QED) is 0.787. The molecule has 0 unspecified atom stereocenters. The molecule has 1 aromatic heterocycles. The molecule has 100 valence electrons. The van der Waals surface area contributed by atoms with Crippen LogP contribution in [-0.4, -0.2) is 48.6 Å². The van der Waals surface area contributed by atoms with Crippen molar-refractivity contribution in [3.63, 3.8) is 0 Å². The Morgan fingerprint density at radius 3 is 2.67 bits per heavy atom. The van der Waals surface area contributed by atoms with E-state index in [-0.39, 0.29) is 0 Å². The third-order valence-corrected chi connectivity index (χ3v) is 3.74. The molecule has 0 atom stereocenters. The Morgan fingerprint density at radius 1 is 1.39 bits per heavy atom. The number of aromatic nitrogens is 2. The first-order valence-electron chi connectivity index (χ1n) is 6.45. The zero-order valence-corrected chi connectivity index (χ0v) is 12.1. The van der Waals surface area contributed by atoms with Crippen molar-refractivity contribution >= 4 is 17.4 Å². The second-order valence-electron chi connectivity index (χ2n) is 5.26. The summed E-state index contributed by atoms with van der Waals surface area (Å²) in [6.07, 6.45) is 2.53. The molecule has 18 heavy (non-hydrogen) atoms. The zero-order valence-electron chi connectivity index (χ0n) is 11.4. The highest BCUT2D eigenvalue weighted by Crippen LogP contribution is 2.20. The second-order valence-corrected chi connectivity index (χ2v) is 5.60. The van der Waals surface area contributed by atoms with Gasteiger partial charge in [0, 0.05) is 25.4 Å². The van der Waals surface area contributed by atoms with Crippen LogP contribution in [0.1, 0.15) is 18.5 Å². The Morgan fingerprint density at radius 2 is 2.06 bits per heavy atom. The summed E-state index contributed by atoms with van der Waals surface area (Å²) < 4.78 is 0. The Bertz CT molecular complexity index is 382. The van der Waals surface area contributed by atoms with Gasteiger partial charge < -0.3 is 9.80 Å². The molecular weight excluding hydrogens is 248 g/mol. The van der Waals surface area contributed by atoms with Crippen LogP contribution >= 0.6 is 11.6 Å². The molecule has 5 heteroatoms. The molecule has 1 fully saturated rings. The van der Waals surface area contributed by atoms with E-state index in [0.29, 0.717) is 5.28 Å². The lowest BCUT2D eigenvalue weighted by atomic mass is 9.97. The first kappa shape index (κ1) is 13.6. The molecule has 1 aliphatic rings. The Balaban J connectivity index is 1.96. The van der Waals surface area contributed by atoms with E-state index < -0.39 is 0 Å². The maximum atomic E-state index is 5.90. The molecule has 0 amide bonds. The summed E-state index contributed by atoms with van der Waals surface area (Å²) in [6, 6.07) is 1.99. The van der Waals surface area contributed by atoms with Crippen LogP contribution in [0.2, 0.25) is 5.28 Å². The predicted molar refractivity (Wildman–Crippen MR) is 75.3 cm³/mol. The molecular formula is C13H21ClN4. The van der Waals surface area contributed by atoms with Gasteiger partial charge >= 0.3 is 0 Å². The number of rotatable bonds is 3. The predicted octanol–water partition coefficient (Wildman–Crippen LogP) is 2.22. The third-order valence-electron chi connectivity index (χ3n) is 3.57. The van der Waals surface area contributed by atoms with Crippen molar-refractivity contribution in [1.29, 1.82) is 0 Å². The van der Waals surface area contributed by atoms with Gasteiger partial charge in [0.05, 0.1) is 0 Å². The van der Waals surface area contributed by atoms with E-state index in [1.54, 1.807) is 0 Å². The summed E-state index contributed by atoms with van der Waals surface area (Å²) in [6.45, 7) is 5.38. The lowest BCUT2D eigenvalue weighted by Gasteiger charge is -2.32. The minimum atomic E-state index is 0.334. The summed E-state index contributed by atoms with van der Waals surface area (Å²) in [4.78, 5) is 13.0. The molecule has 0 bridgehead atoms. The molecule has 1 aromatic rings. The number of nitrogens with zero attached hydrogens (tertiary/aromatic N) is 4. The van der Waals surface area contributed by atoms with Crippen LogP contribution in [0.5, 0.6) is 0 Å². The molecule has 2 heterocycles. The summed E-state index contributed by atoms with van der Waals surface area (Å²) in [5.41, 5.74) is 0.917. The zero-order chi connectivity index (χ0) is 13.1. The topological polar surface area (TPSA) is 32.3 Å². The molecule has 2 rings (SSSR count). The van der Waals surface area contributed by atoms with Gasteiger partial charge in [0.2, 0.25) is 5.28 Å². The number of halogens is 1. The summed E-state index contributed by atoms with van der Waals surface area (Å²) in [5.74, 6) is 1.67. The highest BCUT2D eigenvalue weighted by molar-refractivity contribution is 6.28. The van der Waals surface area contributed by atoms with Crippen molar-refractivity contribution in [2.75, 3.05) is 38.6 Å². The molecule has 0 N–H and O–H groups in total. The van der Waals surface area contributed by atoms with Crippen LogP contribution < -0.4 is 4.90 Å². The molecule has 1 aliphatic heterocycles. The van der Waals surface area contributed by atoms with Gasteiger partial charge in [-0.15, -0.1) is 0 Å². The fraction of sp³-hybridized carbons (Fsp3) is 0.692. The largest absolute Gasteiger partial charge is 0.359 e. The van der Waals surface area contributed by atoms with Gasteiger partial charge in [0.1, 0.15) is 5.82 Å². The third kappa shape index (κ3) is 3.56. The number of anilines is 1. The first-order valence-corrected chi connectivity index (χ1v) is 6.83. The number of likely N-dealkylation sites (tertiary alicyclic amines) is 1. The average molecular weight is 269 g/mol. The average Bonchev–Trinajstić information content (AvgIpc) is 2.31. The van der Waals surface area contributed by atoms with E-state index in [2.05, 4.69) is 33.9 Å². The SMILES string of the molecule is Cc1cc(N(C)CC2CCN(C)CC2)nc(Cl)n1. The van der Waals surface area contributed by atoms with Gasteiger partial charge in [-0.05, 0) is 57.4 Å². The lowest BCUT2D eigenvalue weighted by molar-refractivity contribution is 0.222. The minimum absolute atomic E-state index is 0.334. The number of hydrogen-bond acceptors (Lipinski definition) is 4. The molecule has 0 spiro atoms. The van der Waals surface area contributed by atoms with E-state index >= 15 is 0 Å². The summed E-state index contributed by atoms with van der Waals surface area (Å²) >= 11 is 5.90. The molecule has 0 radical (unpaired) electrons. The smallest absolute Gasteiger partial charge is 0.224 e. The Labute approximate surface area is 114 Å². The normalized spacial score (nSPS) is 18.0. The molecule has 0 aromatic carbocycles.